The Morgan fingerprint density at radius 3 is 2.77 bits per heavy atom. The van der Waals surface area contributed by atoms with Crippen LogP contribution in [0, 0.1) is 6.92 Å². The number of H-pyrrole nitrogens is 1. The molecule has 0 saturated carbocycles. The minimum absolute atomic E-state index is 0.351. The molecule has 0 amide bonds. The Hall–Kier alpha value is -2.52. The van der Waals surface area contributed by atoms with Gasteiger partial charge in [-0.1, -0.05) is 29.8 Å². The van der Waals surface area contributed by atoms with Crippen molar-refractivity contribution in [3.8, 4) is 11.1 Å². The molecular formula is C18H12ClNO2. The highest BCUT2D eigenvalue weighted by Gasteiger charge is 2.13. The molecule has 0 aliphatic rings. The molecule has 2 aromatic heterocycles. The fourth-order valence-electron chi connectivity index (χ4n) is 2.72. The van der Waals surface area contributed by atoms with Gasteiger partial charge in [0.2, 0.25) is 0 Å². The number of nitrogens with one attached hydrogen (secondary N) is 1. The summed E-state index contributed by atoms with van der Waals surface area (Å²) in [5.41, 5.74) is 3.51. The van der Waals surface area contributed by atoms with Crippen molar-refractivity contribution >= 4 is 33.5 Å². The summed E-state index contributed by atoms with van der Waals surface area (Å²) in [6, 6.07) is 13.2. The van der Waals surface area contributed by atoms with E-state index in [1.807, 2.05) is 49.5 Å². The fourth-order valence-corrected chi connectivity index (χ4v) is 2.89. The Bertz CT molecular complexity index is 1080. The van der Waals surface area contributed by atoms with Gasteiger partial charge in [-0.3, -0.25) is 0 Å². The Balaban J connectivity index is 2.05. The number of hydrogen-bond donors (Lipinski definition) is 1. The molecule has 0 unspecified atom stereocenters. The predicted octanol–water partition coefficient (Wildman–Crippen LogP) is 4.90. The van der Waals surface area contributed by atoms with Gasteiger partial charge in [0.1, 0.15) is 5.58 Å². The zero-order valence-corrected chi connectivity index (χ0v) is 12.6. The molecule has 0 radical (unpaired) electrons. The van der Waals surface area contributed by atoms with Crippen LogP contribution in [0.4, 0.5) is 0 Å². The molecule has 0 aliphatic heterocycles. The van der Waals surface area contributed by atoms with Gasteiger partial charge in [0, 0.05) is 33.1 Å². The lowest BCUT2D eigenvalue weighted by molar-refractivity contribution is 0.563. The third-order valence-electron chi connectivity index (χ3n) is 3.89. The van der Waals surface area contributed by atoms with Crippen LogP contribution >= 0.6 is 11.6 Å². The Morgan fingerprint density at radius 1 is 1.09 bits per heavy atom. The summed E-state index contributed by atoms with van der Waals surface area (Å²) in [5.74, 6) is 0. The van der Waals surface area contributed by atoms with Gasteiger partial charge in [0.15, 0.2) is 0 Å². The number of aryl methyl sites for hydroxylation is 1. The number of aromatic nitrogens is 1. The van der Waals surface area contributed by atoms with Crippen LogP contribution in [0.2, 0.25) is 5.02 Å². The number of aromatic amines is 1. The molecule has 0 aliphatic carbocycles. The maximum Gasteiger partial charge on any atom is 0.344 e. The summed E-state index contributed by atoms with van der Waals surface area (Å²) in [7, 11) is 0. The Kier molecular flexibility index (Phi) is 2.84. The van der Waals surface area contributed by atoms with Crippen LogP contribution in [0.5, 0.6) is 0 Å². The van der Waals surface area contributed by atoms with Gasteiger partial charge < -0.3 is 9.40 Å². The fraction of sp³-hybridized carbons (Fsp3) is 0.0556. The van der Waals surface area contributed by atoms with E-state index in [1.54, 1.807) is 6.07 Å². The standard InChI is InChI=1S/C18H12ClNO2/c1-10-6-16-12(8-15(10)19)14(9-20-16)13-7-11-4-2-3-5-17(11)22-18(13)21/h2-9,20H,1H3. The van der Waals surface area contributed by atoms with Crippen molar-refractivity contribution in [3.63, 3.8) is 0 Å². The number of para-hydroxylation sites is 1. The first-order chi connectivity index (χ1) is 10.6. The van der Waals surface area contributed by atoms with E-state index in [-0.39, 0.29) is 5.63 Å². The van der Waals surface area contributed by atoms with E-state index < -0.39 is 0 Å². The van der Waals surface area contributed by atoms with Gasteiger partial charge in [-0.05, 0) is 36.8 Å². The highest BCUT2D eigenvalue weighted by molar-refractivity contribution is 6.32. The van der Waals surface area contributed by atoms with E-state index in [0.29, 0.717) is 16.2 Å². The van der Waals surface area contributed by atoms with Crippen molar-refractivity contribution in [2.24, 2.45) is 0 Å². The third kappa shape index (κ3) is 1.94. The molecule has 0 saturated heterocycles. The van der Waals surface area contributed by atoms with E-state index >= 15 is 0 Å². The molecule has 4 heteroatoms. The van der Waals surface area contributed by atoms with Crippen LogP contribution in [0.3, 0.4) is 0 Å². The molecular weight excluding hydrogens is 298 g/mol. The minimum atomic E-state index is -0.351. The predicted molar refractivity (Wildman–Crippen MR) is 89.5 cm³/mol. The van der Waals surface area contributed by atoms with Gasteiger partial charge in [0.25, 0.3) is 0 Å². The van der Waals surface area contributed by atoms with Crippen molar-refractivity contribution in [1.29, 1.82) is 0 Å². The monoisotopic (exact) mass is 309 g/mol. The number of rotatable bonds is 1. The minimum Gasteiger partial charge on any atom is -0.422 e. The summed E-state index contributed by atoms with van der Waals surface area (Å²) in [4.78, 5) is 15.5. The lowest BCUT2D eigenvalue weighted by Crippen LogP contribution is -2.02. The van der Waals surface area contributed by atoms with E-state index in [4.69, 9.17) is 16.0 Å². The topological polar surface area (TPSA) is 46.0 Å². The summed E-state index contributed by atoms with van der Waals surface area (Å²) in [6.45, 7) is 1.95. The van der Waals surface area contributed by atoms with E-state index in [9.17, 15) is 4.79 Å². The first-order valence-corrected chi connectivity index (χ1v) is 7.32. The summed E-state index contributed by atoms with van der Waals surface area (Å²) in [5, 5.41) is 2.49. The first-order valence-electron chi connectivity index (χ1n) is 6.94. The van der Waals surface area contributed by atoms with Crippen molar-refractivity contribution < 1.29 is 4.42 Å². The number of fused-ring (bicyclic) bond motifs is 2. The molecule has 4 rings (SSSR count). The molecule has 0 atom stereocenters. The van der Waals surface area contributed by atoms with Crippen LogP contribution in [0.1, 0.15) is 5.56 Å². The SMILES string of the molecule is Cc1cc2[nH]cc(-c3cc4ccccc4oc3=O)c2cc1Cl. The van der Waals surface area contributed by atoms with Crippen LogP contribution in [-0.4, -0.2) is 4.98 Å². The Morgan fingerprint density at radius 2 is 1.91 bits per heavy atom. The van der Waals surface area contributed by atoms with Gasteiger partial charge in [-0.15, -0.1) is 0 Å². The first kappa shape index (κ1) is 13.2. The van der Waals surface area contributed by atoms with Crippen molar-refractivity contribution in [2.75, 3.05) is 0 Å². The molecule has 2 heterocycles. The number of benzene rings is 2. The van der Waals surface area contributed by atoms with Crippen LogP contribution in [0.25, 0.3) is 33.0 Å². The average molecular weight is 310 g/mol. The zero-order chi connectivity index (χ0) is 15.3. The molecule has 0 bridgehead atoms. The maximum atomic E-state index is 12.3. The highest BCUT2D eigenvalue weighted by atomic mass is 35.5. The van der Waals surface area contributed by atoms with Gasteiger partial charge >= 0.3 is 5.63 Å². The van der Waals surface area contributed by atoms with E-state index in [2.05, 4.69) is 4.98 Å². The van der Waals surface area contributed by atoms with Crippen molar-refractivity contribution in [1.82, 2.24) is 4.98 Å². The molecule has 1 N–H and O–H groups in total. The molecule has 108 valence electrons. The zero-order valence-electron chi connectivity index (χ0n) is 11.8. The van der Waals surface area contributed by atoms with E-state index in [0.717, 1.165) is 27.4 Å². The second kappa shape index (κ2) is 4.75. The summed E-state index contributed by atoms with van der Waals surface area (Å²) >= 11 is 6.22. The second-order valence-corrected chi connectivity index (χ2v) is 5.74. The lowest BCUT2D eigenvalue weighted by Gasteiger charge is -2.03. The second-order valence-electron chi connectivity index (χ2n) is 5.33. The van der Waals surface area contributed by atoms with Gasteiger partial charge in [-0.2, -0.15) is 0 Å². The van der Waals surface area contributed by atoms with Crippen LogP contribution in [0.15, 0.2) is 57.9 Å². The average Bonchev–Trinajstić information content (AvgIpc) is 2.89. The van der Waals surface area contributed by atoms with Crippen molar-refractivity contribution in [3.05, 3.63) is 69.7 Å². The Labute approximate surface area is 131 Å². The molecule has 3 nitrogen and oxygen atoms in total. The summed E-state index contributed by atoms with van der Waals surface area (Å²) in [6.07, 6.45) is 1.82. The molecule has 0 fully saturated rings. The maximum absolute atomic E-state index is 12.3. The van der Waals surface area contributed by atoms with Gasteiger partial charge in [0.05, 0.1) is 5.56 Å². The smallest absolute Gasteiger partial charge is 0.344 e. The molecule has 22 heavy (non-hydrogen) atoms. The van der Waals surface area contributed by atoms with Crippen LogP contribution in [-0.2, 0) is 0 Å². The molecule has 0 spiro atoms. The largest absolute Gasteiger partial charge is 0.422 e. The normalized spacial score (nSPS) is 11.4. The molecule has 2 aromatic carbocycles. The van der Waals surface area contributed by atoms with E-state index in [1.165, 1.54) is 0 Å². The molecule has 4 aromatic rings. The highest BCUT2D eigenvalue weighted by Crippen LogP contribution is 2.31. The number of halogens is 1. The quantitative estimate of drug-likeness (QED) is 0.508. The summed E-state index contributed by atoms with van der Waals surface area (Å²) < 4.78 is 5.42. The van der Waals surface area contributed by atoms with Crippen molar-refractivity contribution in [2.45, 2.75) is 6.92 Å². The third-order valence-corrected chi connectivity index (χ3v) is 4.30. The lowest BCUT2D eigenvalue weighted by atomic mass is 10.0. The van der Waals surface area contributed by atoms with Crippen LogP contribution < -0.4 is 5.63 Å². The number of hydrogen-bond acceptors (Lipinski definition) is 2. The van der Waals surface area contributed by atoms with Gasteiger partial charge in [-0.25, -0.2) is 4.79 Å².